The van der Waals surface area contributed by atoms with Gasteiger partial charge >= 0.3 is 0 Å². The number of unbranched alkanes of at least 4 members (excludes halogenated alkanes) is 1. The number of hydrogen-bond donors (Lipinski definition) is 1. The van der Waals surface area contributed by atoms with Crippen molar-refractivity contribution in [2.24, 2.45) is 0 Å². The molecule has 1 aliphatic rings. The minimum atomic E-state index is -0.103. The highest BCUT2D eigenvalue weighted by Crippen LogP contribution is 2.42. The summed E-state index contributed by atoms with van der Waals surface area (Å²) in [6, 6.07) is 18.0. The van der Waals surface area contributed by atoms with E-state index >= 15 is 0 Å². The zero-order valence-corrected chi connectivity index (χ0v) is 14.0. The zero-order valence-electron chi connectivity index (χ0n) is 14.0. The molecule has 116 valence electrons. The smallest absolute Gasteiger partial charge is 0.0664 e. The minimum absolute atomic E-state index is 0.103. The zero-order chi connectivity index (χ0) is 15.6. The predicted molar refractivity (Wildman–Crippen MR) is 94.4 cm³/mol. The van der Waals surface area contributed by atoms with Crippen molar-refractivity contribution in [2.45, 2.75) is 51.0 Å². The summed E-state index contributed by atoms with van der Waals surface area (Å²) in [4.78, 5) is 0. The lowest BCUT2D eigenvalue weighted by Gasteiger charge is -2.32. The third kappa shape index (κ3) is 2.48. The first-order valence-corrected chi connectivity index (χ1v) is 8.57. The van der Waals surface area contributed by atoms with E-state index in [-0.39, 0.29) is 5.54 Å². The normalized spacial score (nSPS) is 23.5. The van der Waals surface area contributed by atoms with Gasteiger partial charge < -0.3 is 5.32 Å². The van der Waals surface area contributed by atoms with Crippen LogP contribution in [-0.2, 0) is 12.0 Å². The van der Waals surface area contributed by atoms with Crippen LogP contribution in [0.15, 0.2) is 48.5 Å². The number of benzene rings is 2. The molecule has 0 saturated heterocycles. The van der Waals surface area contributed by atoms with Gasteiger partial charge in [-0.2, -0.15) is 0 Å². The molecule has 0 aliphatic heterocycles. The Hall–Kier alpha value is -1.60. The van der Waals surface area contributed by atoms with E-state index in [1.54, 1.807) is 0 Å². The summed E-state index contributed by atoms with van der Waals surface area (Å²) >= 11 is 0. The minimum Gasteiger partial charge on any atom is -0.307 e. The van der Waals surface area contributed by atoms with Crippen molar-refractivity contribution in [3.05, 3.63) is 70.8 Å². The highest BCUT2D eigenvalue weighted by atomic mass is 14.9. The fourth-order valence-electron chi connectivity index (χ4n) is 3.99. The van der Waals surface area contributed by atoms with Crippen LogP contribution in [0.5, 0.6) is 0 Å². The highest BCUT2D eigenvalue weighted by molar-refractivity contribution is 5.50. The summed E-state index contributed by atoms with van der Waals surface area (Å²) in [6.07, 6.45) is 5.01. The molecule has 0 radical (unpaired) electrons. The maximum Gasteiger partial charge on any atom is 0.0664 e. The van der Waals surface area contributed by atoms with Crippen LogP contribution >= 0.6 is 0 Å². The summed E-state index contributed by atoms with van der Waals surface area (Å²) in [6.45, 7) is 4.61. The number of fused-ring (bicyclic) bond motifs is 2. The van der Waals surface area contributed by atoms with Crippen LogP contribution < -0.4 is 5.32 Å². The second kappa shape index (κ2) is 6.26. The molecule has 0 spiro atoms. The van der Waals surface area contributed by atoms with E-state index in [9.17, 15) is 0 Å². The Morgan fingerprint density at radius 2 is 1.73 bits per heavy atom. The molecule has 1 nitrogen and oxygen atoms in total. The average Bonchev–Trinajstić information content (AvgIpc) is 2.68. The molecule has 0 aromatic heterocycles. The fraction of sp³-hybridized carbons (Fsp3) is 0.429. The van der Waals surface area contributed by atoms with Crippen molar-refractivity contribution in [3.63, 3.8) is 0 Å². The molecule has 1 N–H and O–H groups in total. The second-order valence-corrected chi connectivity index (χ2v) is 6.66. The van der Waals surface area contributed by atoms with Crippen LogP contribution in [0.2, 0.25) is 0 Å². The molecule has 2 aromatic rings. The molecule has 0 fully saturated rings. The molecular formula is C21H27N. The Balaban J connectivity index is 2.19. The van der Waals surface area contributed by atoms with Crippen molar-refractivity contribution >= 4 is 0 Å². The van der Waals surface area contributed by atoms with Gasteiger partial charge in [0.25, 0.3) is 0 Å². The topological polar surface area (TPSA) is 12.0 Å². The van der Waals surface area contributed by atoms with Crippen molar-refractivity contribution in [1.82, 2.24) is 5.32 Å². The van der Waals surface area contributed by atoms with E-state index in [1.165, 1.54) is 41.5 Å². The molecule has 22 heavy (non-hydrogen) atoms. The van der Waals surface area contributed by atoms with Crippen LogP contribution in [0.3, 0.4) is 0 Å². The second-order valence-electron chi connectivity index (χ2n) is 6.66. The molecule has 0 saturated carbocycles. The van der Waals surface area contributed by atoms with E-state index < -0.39 is 0 Å². The van der Waals surface area contributed by atoms with Gasteiger partial charge in [0.1, 0.15) is 0 Å². The maximum absolute atomic E-state index is 3.61. The van der Waals surface area contributed by atoms with Crippen LogP contribution in [0.1, 0.15) is 61.3 Å². The molecule has 2 aromatic carbocycles. The Morgan fingerprint density at radius 3 is 2.45 bits per heavy atom. The molecule has 2 atom stereocenters. The van der Waals surface area contributed by atoms with Crippen molar-refractivity contribution in [2.75, 3.05) is 7.05 Å². The van der Waals surface area contributed by atoms with Gasteiger partial charge in [0.05, 0.1) is 5.54 Å². The lowest BCUT2D eigenvalue weighted by molar-refractivity contribution is 0.480. The van der Waals surface area contributed by atoms with E-state index in [0.29, 0.717) is 5.92 Å². The molecule has 0 amide bonds. The number of hydrogen-bond acceptors (Lipinski definition) is 1. The first kappa shape index (κ1) is 15.3. The van der Waals surface area contributed by atoms with Gasteiger partial charge in [-0.05, 0) is 55.0 Å². The Labute approximate surface area is 134 Å². The van der Waals surface area contributed by atoms with Gasteiger partial charge in [-0.3, -0.25) is 0 Å². The summed E-state index contributed by atoms with van der Waals surface area (Å²) < 4.78 is 0. The van der Waals surface area contributed by atoms with Crippen molar-refractivity contribution < 1.29 is 0 Å². The Kier molecular flexibility index (Phi) is 4.35. The van der Waals surface area contributed by atoms with Gasteiger partial charge in [-0.25, -0.2) is 0 Å². The maximum atomic E-state index is 3.61. The lowest BCUT2D eigenvalue weighted by atomic mass is 9.81. The average molecular weight is 293 g/mol. The number of nitrogens with one attached hydrogen (secondary N) is 1. The third-order valence-electron chi connectivity index (χ3n) is 5.37. The van der Waals surface area contributed by atoms with Crippen molar-refractivity contribution in [1.29, 1.82) is 0 Å². The van der Waals surface area contributed by atoms with Gasteiger partial charge in [0.2, 0.25) is 0 Å². The van der Waals surface area contributed by atoms with E-state index in [0.717, 1.165) is 6.42 Å². The van der Waals surface area contributed by atoms with Gasteiger partial charge in [-0.1, -0.05) is 68.3 Å². The number of rotatable bonds is 4. The molecule has 1 aliphatic carbocycles. The van der Waals surface area contributed by atoms with Crippen molar-refractivity contribution in [3.8, 4) is 0 Å². The van der Waals surface area contributed by atoms with Crippen LogP contribution in [0.4, 0.5) is 0 Å². The quantitative estimate of drug-likeness (QED) is 0.836. The Morgan fingerprint density at radius 1 is 1.05 bits per heavy atom. The monoisotopic (exact) mass is 293 g/mol. The van der Waals surface area contributed by atoms with E-state index in [4.69, 9.17) is 0 Å². The van der Waals surface area contributed by atoms with E-state index in [1.807, 2.05) is 0 Å². The Bertz CT molecular complexity index is 646. The van der Waals surface area contributed by atoms with Gasteiger partial charge in [0.15, 0.2) is 0 Å². The molecule has 0 heterocycles. The molecule has 3 rings (SSSR count). The molecule has 1 heteroatoms. The summed E-state index contributed by atoms with van der Waals surface area (Å²) in [7, 11) is 2.08. The predicted octanol–water partition coefficient (Wildman–Crippen LogP) is 5.00. The molecular weight excluding hydrogens is 266 g/mol. The van der Waals surface area contributed by atoms with Crippen LogP contribution in [0.25, 0.3) is 0 Å². The molecule has 0 bridgehead atoms. The standard InChI is InChI=1S/C21H27N/c1-4-5-10-16-15-17-11-6-8-13-19(17)21(2,22-3)20-14-9-7-12-18(16)20/h6-9,11-14,16,22H,4-5,10,15H2,1-3H3/t16-,21+/m0/s1. The first-order valence-electron chi connectivity index (χ1n) is 8.57. The summed E-state index contributed by atoms with van der Waals surface area (Å²) in [5.41, 5.74) is 5.81. The van der Waals surface area contributed by atoms with Gasteiger partial charge in [0, 0.05) is 0 Å². The SMILES string of the molecule is CCCC[C@H]1Cc2ccccc2[C@@](C)(NC)c2ccccc21. The van der Waals surface area contributed by atoms with Crippen LogP contribution in [-0.4, -0.2) is 7.05 Å². The largest absolute Gasteiger partial charge is 0.307 e. The first-order chi connectivity index (χ1) is 10.7. The molecule has 0 unspecified atom stereocenters. The fourth-order valence-corrected chi connectivity index (χ4v) is 3.99. The summed E-state index contributed by atoms with van der Waals surface area (Å²) in [5.74, 6) is 0.632. The lowest BCUT2D eigenvalue weighted by Crippen LogP contribution is -2.38. The summed E-state index contributed by atoms with van der Waals surface area (Å²) in [5, 5.41) is 3.61. The van der Waals surface area contributed by atoms with Crippen LogP contribution in [0, 0.1) is 0 Å². The van der Waals surface area contributed by atoms with Gasteiger partial charge in [-0.15, -0.1) is 0 Å². The third-order valence-corrected chi connectivity index (χ3v) is 5.37. The van der Waals surface area contributed by atoms with E-state index in [2.05, 4.69) is 74.7 Å². The highest BCUT2D eigenvalue weighted by Gasteiger charge is 2.35.